The van der Waals surface area contributed by atoms with Gasteiger partial charge in [-0.1, -0.05) is 0 Å². The van der Waals surface area contributed by atoms with E-state index >= 15 is 0 Å². The Bertz CT molecular complexity index is 128. The zero-order chi connectivity index (χ0) is 8.43. The van der Waals surface area contributed by atoms with Gasteiger partial charge in [0, 0.05) is 6.42 Å². The number of aliphatic hydroxyl groups excluding tert-OH is 4. The Kier molecular flexibility index (Phi) is 2.80. The minimum atomic E-state index is -1.30. The second-order valence-electron chi connectivity index (χ2n) is 2.62. The van der Waals surface area contributed by atoms with Crippen molar-refractivity contribution in [3.63, 3.8) is 0 Å². The molecule has 0 saturated carbocycles. The van der Waals surface area contributed by atoms with Gasteiger partial charge in [0.05, 0.1) is 12.7 Å². The predicted molar refractivity (Wildman–Crippen MR) is 34.6 cm³/mol. The van der Waals surface area contributed by atoms with E-state index in [0.29, 0.717) is 0 Å². The first kappa shape index (κ1) is 8.89. The van der Waals surface area contributed by atoms with Crippen LogP contribution in [0.4, 0.5) is 0 Å². The average Bonchev–Trinajstić information content (AvgIpc) is 1.97. The van der Waals surface area contributed by atoms with Crippen LogP contribution in [0.2, 0.25) is 0 Å². The highest BCUT2D eigenvalue weighted by Crippen LogP contribution is 2.18. The number of rotatable bonds is 1. The third kappa shape index (κ3) is 1.88. The van der Waals surface area contributed by atoms with Crippen molar-refractivity contribution in [2.75, 3.05) is 6.61 Å². The Hall–Kier alpha value is -0.200. The smallest absolute Gasteiger partial charge is 0.181 e. The van der Waals surface area contributed by atoms with Crippen molar-refractivity contribution >= 4 is 0 Å². The topological polar surface area (TPSA) is 90.2 Å². The predicted octanol–water partition coefficient (Wildman–Crippen LogP) is -2.19. The lowest BCUT2D eigenvalue weighted by atomic mass is 10.0. The molecule has 4 N–H and O–H groups in total. The number of aliphatic hydroxyl groups is 4. The largest absolute Gasteiger partial charge is 0.394 e. The van der Waals surface area contributed by atoms with Gasteiger partial charge in [0.2, 0.25) is 0 Å². The maximum absolute atomic E-state index is 9.10. The summed E-state index contributed by atoms with van der Waals surface area (Å²) < 4.78 is 4.67. The fourth-order valence-electron chi connectivity index (χ4n) is 1.04. The highest BCUT2D eigenvalue weighted by Gasteiger charge is 2.34. The monoisotopic (exact) mass is 164 g/mol. The zero-order valence-electron chi connectivity index (χ0n) is 5.92. The van der Waals surface area contributed by atoms with Gasteiger partial charge in [0.1, 0.15) is 12.2 Å². The van der Waals surface area contributed by atoms with Crippen LogP contribution in [-0.2, 0) is 4.74 Å². The van der Waals surface area contributed by atoms with Crippen LogP contribution in [0, 0.1) is 0 Å². The molecule has 0 radical (unpaired) electrons. The summed E-state index contributed by atoms with van der Waals surface area (Å²) >= 11 is 0. The van der Waals surface area contributed by atoms with Crippen LogP contribution in [0.25, 0.3) is 0 Å². The first-order chi connectivity index (χ1) is 5.15. The quantitative estimate of drug-likeness (QED) is 0.353. The molecule has 0 spiro atoms. The molecule has 1 saturated heterocycles. The second kappa shape index (κ2) is 3.46. The second-order valence-corrected chi connectivity index (χ2v) is 2.62. The molecule has 11 heavy (non-hydrogen) atoms. The van der Waals surface area contributed by atoms with Crippen molar-refractivity contribution in [1.29, 1.82) is 0 Å². The van der Waals surface area contributed by atoms with Gasteiger partial charge >= 0.3 is 0 Å². The molecule has 0 aliphatic carbocycles. The Morgan fingerprint density at radius 3 is 2.36 bits per heavy atom. The molecule has 0 aromatic heterocycles. The maximum Gasteiger partial charge on any atom is 0.181 e. The first-order valence-corrected chi connectivity index (χ1v) is 3.45. The van der Waals surface area contributed by atoms with Crippen LogP contribution < -0.4 is 0 Å². The van der Waals surface area contributed by atoms with Crippen LogP contribution >= 0.6 is 0 Å². The highest BCUT2D eigenvalue weighted by molar-refractivity contribution is 4.79. The summed E-state index contributed by atoms with van der Waals surface area (Å²) in [7, 11) is 0. The Labute approximate surface area is 63.8 Å². The average molecular weight is 164 g/mol. The van der Waals surface area contributed by atoms with Crippen LogP contribution in [0.5, 0.6) is 0 Å². The van der Waals surface area contributed by atoms with Gasteiger partial charge in [0.25, 0.3) is 0 Å². The molecule has 0 bridgehead atoms. The summed E-state index contributed by atoms with van der Waals surface area (Å²) in [6, 6.07) is 0. The van der Waals surface area contributed by atoms with Gasteiger partial charge in [-0.05, 0) is 0 Å². The third-order valence-electron chi connectivity index (χ3n) is 1.74. The fourth-order valence-corrected chi connectivity index (χ4v) is 1.04. The molecule has 5 nitrogen and oxygen atoms in total. The molecule has 1 aliphatic heterocycles. The van der Waals surface area contributed by atoms with E-state index < -0.39 is 24.6 Å². The maximum atomic E-state index is 9.10. The van der Waals surface area contributed by atoms with E-state index in [0.717, 1.165) is 0 Å². The molecule has 1 heterocycles. The van der Waals surface area contributed by atoms with Crippen molar-refractivity contribution in [1.82, 2.24) is 0 Å². The van der Waals surface area contributed by atoms with Gasteiger partial charge < -0.3 is 25.2 Å². The molecule has 4 atom stereocenters. The lowest BCUT2D eigenvalue weighted by molar-refractivity contribution is -0.251. The lowest BCUT2D eigenvalue weighted by Crippen LogP contribution is -2.48. The summed E-state index contributed by atoms with van der Waals surface area (Å²) in [5.41, 5.74) is 0. The fraction of sp³-hybridized carbons (Fsp3) is 1.00. The molecule has 0 aromatic rings. The van der Waals surface area contributed by atoms with Gasteiger partial charge in [-0.15, -0.1) is 0 Å². The summed E-state index contributed by atoms with van der Waals surface area (Å²) in [5.74, 6) is 0. The van der Waals surface area contributed by atoms with Crippen molar-refractivity contribution in [3.8, 4) is 0 Å². The first-order valence-electron chi connectivity index (χ1n) is 3.45. The summed E-state index contributed by atoms with van der Waals surface area (Å²) in [4.78, 5) is 0. The molecule has 5 heteroatoms. The Morgan fingerprint density at radius 2 is 1.82 bits per heavy atom. The van der Waals surface area contributed by atoms with Crippen molar-refractivity contribution < 1.29 is 25.2 Å². The number of ether oxygens (including phenoxy) is 1. The van der Waals surface area contributed by atoms with Crippen LogP contribution in [0.15, 0.2) is 0 Å². The molecule has 66 valence electrons. The van der Waals surface area contributed by atoms with Gasteiger partial charge in [-0.2, -0.15) is 0 Å². The Balaban J connectivity index is 2.48. The Morgan fingerprint density at radius 1 is 1.18 bits per heavy atom. The zero-order valence-corrected chi connectivity index (χ0v) is 5.92. The van der Waals surface area contributed by atoms with Crippen LogP contribution in [0.1, 0.15) is 6.42 Å². The van der Waals surface area contributed by atoms with E-state index in [2.05, 4.69) is 4.74 Å². The molecule has 1 fully saturated rings. The van der Waals surface area contributed by atoms with Gasteiger partial charge in [-0.25, -0.2) is 0 Å². The normalized spacial score (nSPS) is 45.8. The van der Waals surface area contributed by atoms with Gasteiger partial charge in [-0.3, -0.25) is 0 Å². The molecule has 0 aromatic carbocycles. The summed E-state index contributed by atoms with van der Waals surface area (Å²) in [6.45, 7) is -0.356. The third-order valence-corrected chi connectivity index (χ3v) is 1.74. The molecular formula is C6H12O5. The number of hydrogen-bond donors (Lipinski definition) is 4. The van der Waals surface area contributed by atoms with E-state index in [9.17, 15) is 0 Å². The van der Waals surface area contributed by atoms with E-state index in [1.165, 1.54) is 0 Å². The van der Waals surface area contributed by atoms with Crippen molar-refractivity contribution in [2.24, 2.45) is 0 Å². The highest BCUT2D eigenvalue weighted by atomic mass is 16.6. The van der Waals surface area contributed by atoms with E-state index in [-0.39, 0.29) is 13.0 Å². The standard InChI is InChI=1S/C6H12O5/c7-2-5-3(8)1-4(9)6(10)11-5/h3-10H,1-2H2/t3?,4?,5-,6-/m1/s1. The van der Waals surface area contributed by atoms with Crippen LogP contribution in [-0.4, -0.2) is 51.6 Å². The van der Waals surface area contributed by atoms with E-state index in [4.69, 9.17) is 20.4 Å². The number of hydrogen-bond acceptors (Lipinski definition) is 5. The van der Waals surface area contributed by atoms with E-state index in [1.807, 2.05) is 0 Å². The minimum Gasteiger partial charge on any atom is -0.394 e. The summed E-state index contributed by atoms with van der Waals surface area (Å²) in [6.07, 6.45) is -4.01. The minimum absolute atomic E-state index is 0.0341. The van der Waals surface area contributed by atoms with Crippen molar-refractivity contribution in [3.05, 3.63) is 0 Å². The van der Waals surface area contributed by atoms with E-state index in [1.54, 1.807) is 0 Å². The lowest BCUT2D eigenvalue weighted by Gasteiger charge is -2.33. The molecule has 0 amide bonds. The molecular weight excluding hydrogens is 152 g/mol. The summed E-state index contributed by atoms with van der Waals surface area (Å²) in [5, 5.41) is 35.5. The van der Waals surface area contributed by atoms with Crippen LogP contribution in [0.3, 0.4) is 0 Å². The SMILES string of the molecule is OC[C@H]1O[C@@H](O)C(O)CC1O. The molecule has 1 aliphatic rings. The molecule has 2 unspecified atom stereocenters. The molecule has 1 rings (SSSR count). The van der Waals surface area contributed by atoms with Gasteiger partial charge in [0.15, 0.2) is 6.29 Å². The van der Waals surface area contributed by atoms with Crippen molar-refractivity contribution in [2.45, 2.75) is 31.0 Å².